The molecule has 1 amide bonds. The summed E-state index contributed by atoms with van der Waals surface area (Å²) in [4.78, 5) is 16.5. The van der Waals surface area contributed by atoms with E-state index in [9.17, 15) is 4.79 Å². The maximum absolute atomic E-state index is 12.3. The fraction of sp³-hybridized carbons (Fsp3) is 0.250. The fourth-order valence-electron chi connectivity index (χ4n) is 2.51. The van der Waals surface area contributed by atoms with Crippen molar-refractivity contribution in [3.63, 3.8) is 0 Å². The number of aromatic nitrogens is 4. The highest BCUT2D eigenvalue weighted by Crippen LogP contribution is 2.32. The van der Waals surface area contributed by atoms with Crippen LogP contribution in [0, 0.1) is 0 Å². The molecule has 0 unspecified atom stereocenters. The lowest BCUT2D eigenvalue weighted by Crippen LogP contribution is -2.24. The van der Waals surface area contributed by atoms with Gasteiger partial charge in [-0.1, -0.05) is 0 Å². The van der Waals surface area contributed by atoms with E-state index in [1.54, 1.807) is 35.0 Å². The van der Waals surface area contributed by atoms with Crippen molar-refractivity contribution < 1.29 is 19.0 Å². The largest absolute Gasteiger partial charge is 0.475 e. The summed E-state index contributed by atoms with van der Waals surface area (Å²) < 4.78 is 17.7. The van der Waals surface area contributed by atoms with E-state index in [1.807, 2.05) is 6.92 Å². The molecule has 0 saturated carbocycles. The van der Waals surface area contributed by atoms with E-state index in [0.29, 0.717) is 41.0 Å². The highest BCUT2D eigenvalue weighted by Gasteiger charge is 2.17. The zero-order chi connectivity index (χ0) is 17.2. The van der Waals surface area contributed by atoms with E-state index in [4.69, 9.17) is 14.2 Å². The molecule has 0 saturated heterocycles. The van der Waals surface area contributed by atoms with Gasteiger partial charge in [-0.3, -0.25) is 9.20 Å². The molecular formula is C16H15N5O4. The molecule has 1 aliphatic rings. The lowest BCUT2D eigenvalue weighted by molar-refractivity contribution is 0.0949. The van der Waals surface area contributed by atoms with E-state index in [2.05, 4.69) is 20.5 Å². The van der Waals surface area contributed by atoms with Crippen molar-refractivity contribution in [1.29, 1.82) is 0 Å². The van der Waals surface area contributed by atoms with Crippen LogP contribution in [-0.4, -0.2) is 38.9 Å². The smallest absolute Gasteiger partial charge is 0.260 e. The van der Waals surface area contributed by atoms with Gasteiger partial charge in [0.15, 0.2) is 17.3 Å². The number of nitrogens with one attached hydrogen (secondary N) is 1. The van der Waals surface area contributed by atoms with Crippen LogP contribution in [0.2, 0.25) is 0 Å². The van der Waals surface area contributed by atoms with Crippen molar-refractivity contribution in [3.05, 3.63) is 42.0 Å². The van der Waals surface area contributed by atoms with Crippen molar-refractivity contribution in [2.75, 3.05) is 13.4 Å². The zero-order valence-corrected chi connectivity index (χ0v) is 13.4. The Hall–Kier alpha value is -3.36. The van der Waals surface area contributed by atoms with Crippen LogP contribution in [0.25, 0.3) is 5.65 Å². The number of fused-ring (bicyclic) bond motifs is 2. The predicted molar refractivity (Wildman–Crippen MR) is 85.7 cm³/mol. The van der Waals surface area contributed by atoms with E-state index in [1.165, 1.54) is 0 Å². The normalized spacial score (nSPS) is 12.4. The number of rotatable bonds is 5. The first-order valence-corrected chi connectivity index (χ1v) is 7.75. The first kappa shape index (κ1) is 15.2. The van der Waals surface area contributed by atoms with Crippen LogP contribution in [0.3, 0.4) is 0 Å². The van der Waals surface area contributed by atoms with E-state index < -0.39 is 0 Å². The molecule has 25 heavy (non-hydrogen) atoms. The molecule has 0 bridgehead atoms. The van der Waals surface area contributed by atoms with Crippen molar-refractivity contribution >= 4 is 11.6 Å². The average molecular weight is 341 g/mol. The highest BCUT2D eigenvalue weighted by molar-refractivity contribution is 5.94. The topological polar surface area (TPSA) is 99.9 Å². The summed E-state index contributed by atoms with van der Waals surface area (Å²) in [5.41, 5.74) is 0.992. The Balaban J connectivity index is 1.50. The molecule has 0 atom stereocenters. The van der Waals surface area contributed by atoms with Gasteiger partial charge in [0.2, 0.25) is 12.4 Å². The number of hydrogen-bond donors (Lipinski definition) is 1. The van der Waals surface area contributed by atoms with Crippen molar-refractivity contribution in [2.24, 2.45) is 0 Å². The third-order valence-electron chi connectivity index (χ3n) is 3.69. The van der Waals surface area contributed by atoms with Gasteiger partial charge in [-0.05, 0) is 25.1 Å². The lowest BCUT2D eigenvalue weighted by atomic mass is 10.2. The first-order valence-electron chi connectivity index (χ1n) is 7.75. The fourth-order valence-corrected chi connectivity index (χ4v) is 2.51. The number of nitrogens with zero attached hydrogens (tertiary/aromatic N) is 4. The maximum Gasteiger partial charge on any atom is 0.260 e. The number of amides is 1. The molecule has 3 heterocycles. The zero-order valence-electron chi connectivity index (χ0n) is 13.4. The Kier molecular flexibility index (Phi) is 3.81. The lowest BCUT2D eigenvalue weighted by Gasteiger charge is -2.06. The molecule has 128 valence electrons. The summed E-state index contributed by atoms with van der Waals surface area (Å²) >= 11 is 0. The van der Waals surface area contributed by atoms with Crippen LogP contribution in [-0.2, 0) is 6.54 Å². The molecule has 4 rings (SSSR count). The molecule has 0 radical (unpaired) electrons. The molecule has 1 N–H and O–H groups in total. The molecule has 0 aliphatic carbocycles. The molecule has 0 fully saturated rings. The Morgan fingerprint density at radius 1 is 1.32 bits per heavy atom. The monoisotopic (exact) mass is 341 g/mol. The maximum atomic E-state index is 12.3. The molecule has 1 aliphatic heterocycles. The third kappa shape index (κ3) is 2.80. The molecule has 3 aromatic rings. The van der Waals surface area contributed by atoms with Gasteiger partial charge in [-0.25, -0.2) is 4.98 Å². The van der Waals surface area contributed by atoms with Gasteiger partial charge in [-0.15, -0.1) is 10.2 Å². The second-order valence-corrected chi connectivity index (χ2v) is 5.23. The van der Waals surface area contributed by atoms with Crippen LogP contribution in [0.4, 0.5) is 0 Å². The molecule has 1 aromatic carbocycles. The standard InChI is InChI=1S/C16H15N5O4/c1-2-23-16-14-20-19-13(21(14)6-5-17-16)8-18-15(22)10-3-4-11-12(7-10)25-9-24-11/h3-7H,2,8-9H2,1H3,(H,18,22). The summed E-state index contributed by atoms with van der Waals surface area (Å²) in [6.45, 7) is 2.73. The van der Waals surface area contributed by atoms with E-state index in [-0.39, 0.29) is 19.2 Å². The summed E-state index contributed by atoms with van der Waals surface area (Å²) in [5, 5.41) is 11.0. The average Bonchev–Trinajstić information content (AvgIpc) is 3.26. The van der Waals surface area contributed by atoms with Gasteiger partial charge in [-0.2, -0.15) is 0 Å². The number of carbonyl (C=O) groups excluding carboxylic acids is 1. The first-order chi connectivity index (χ1) is 12.3. The molecule has 2 aromatic heterocycles. The molecular weight excluding hydrogens is 326 g/mol. The SMILES string of the molecule is CCOc1nccn2c(CNC(=O)c3ccc4c(c3)OCO4)nnc12. The quantitative estimate of drug-likeness (QED) is 0.744. The van der Waals surface area contributed by atoms with Gasteiger partial charge < -0.3 is 19.5 Å². The molecule has 9 nitrogen and oxygen atoms in total. The summed E-state index contributed by atoms with van der Waals surface area (Å²) in [5.74, 6) is 1.94. The Morgan fingerprint density at radius 2 is 2.20 bits per heavy atom. The molecule has 9 heteroatoms. The number of hydrogen-bond acceptors (Lipinski definition) is 7. The van der Waals surface area contributed by atoms with Crippen molar-refractivity contribution in [2.45, 2.75) is 13.5 Å². The van der Waals surface area contributed by atoms with Gasteiger partial charge in [0.25, 0.3) is 11.8 Å². The number of carbonyl (C=O) groups is 1. The van der Waals surface area contributed by atoms with Gasteiger partial charge >= 0.3 is 0 Å². The minimum absolute atomic E-state index is 0.169. The van der Waals surface area contributed by atoms with Crippen LogP contribution in [0.1, 0.15) is 23.1 Å². The summed E-state index contributed by atoms with van der Waals surface area (Å²) in [6.07, 6.45) is 3.32. The van der Waals surface area contributed by atoms with Crippen LogP contribution in [0.15, 0.2) is 30.6 Å². The van der Waals surface area contributed by atoms with Gasteiger partial charge in [0.1, 0.15) is 0 Å². The van der Waals surface area contributed by atoms with Crippen LogP contribution in [0.5, 0.6) is 17.4 Å². The number of benzene rings is 1. The van der Waals surface area contributed by atoms with Crippen LogP contribution < -0.4 is 19.5 Å². The van der Waals surface area contributed by atoms with E-state index in [0.717, 1.165) is 0 Å². The minimum Gasteiger partial charge on any atom is -0.475 e. The molecule has 0 spiro atoms. The second-order valence-electron chi connectivity index (χ2n) is 5.23. The second kappa shape index (κ2) is 6.27. The number of ether oxygens (including phenoxy) is 3. The summed E-state index contributed by atoms with van der Waals surface area (Å²) in [7, 11) is 0. The van der Waals surface area contributed by atoms with Crippen molar-refractivity contribution in [1.82, 2.24) is 24.9 Å². The highest BCUT2D eigenvalue weighted by atomic mass is 16.7. The van der Waals surface area contributed by atoms with Gasteiger partial charge in [0, 0.05) is 18.0 Å². The Bertz CT molecular complexity index is 939. The van der Waals surface area contributed by atoms with Crippen molar-refractivity contribution in [3.8, 4) is 17.4 Å². The summed E-state index contributed by atoms with van der Waals surface area (Å²) in [6, 6.07) is 5.04. The Labute approximate surface area is 142 Å². The van der Waals surface area contributed by atoms with Crippen LogP contribution >= 0.6 is 0 Å². The third-order valence-corrected chi connectivity index (χ3v) is 3.69. The van der Waals surface area contributed by atoms with Gasteiger partial charge in [0.05, 0.1) is 13.2 Å². The predicted octanol–water partition coefficient (Wildman–Crippen LogP) is 1.18. The Morgan fingerprint density at radius 3 is 3.08 bits per heavy atom. The minimum atomic E-state index is -0.242. The van der Waals surface area contributed by atoms with E-state index >= 15 is 0 Å².